The molecule has 4 rings (SSSR count). The molecule has 3 aromatic carbocycles. The Kier molecular flexibility index (Phi) is 3.59. The molecule has 0 spiro atoms. The number of aromatic nitrogens is 2. The molecule has 0 aliphatic heterocycles. The maximum Gasteiger partial charge on any atom is 0.140 e. The highest BCUT2D eigenvalue weighted by Gasteiger charge is 2.15. The van der Waals surface area contributed by atoms with Gasteiger partial charge in [0.05, 0.1) is 11.0 Å². The van der Waals surface area contributed by atoms with Gasteiger partial charge in [-0.1, -0.05) is 54.6 Å². The van der Waals surface area contributed by atoms with Gasteiger partial charge in [0.2, 0.25) is 0 Å². The number of aliphatic hydroxyl groups is 1. The Bertz CT molecular complexity index is 978. The molecule has 1 atom stereocenters. The molecule has 0 saturated carbocycles. The first-order valence-electron chi connectivity index (χ1n) is 7.69. The van der Waals surface area contributed by atoms with E-state index < -0.39 is 6.10 Å². The van der Waals surface area contributed by atoms with Crippen molar-refractivity contribution in [1.29, 1.82) is 0 Å². The Morgan fingerprint density at radius 3 is 2.33 bits per heavy atom. The summed E-state index contributed by atoms with van der Waals surface area (Å²) >= 11 is 0. The van der Waals surface area contributed by atoms with Crippen molar-refractivity contribution < 1.29 is 9.50 Å². The van der Waals surface area contributed by atoms with Gasteiger partial charge in [0, 0.05) is 6.07 Å². The molecule has 1 unspecified atom stereocenters. The van der Waals surface area contributed by atoms with Crippen molar-refractivity contribution in [1.82, 2.24) is 9.97 Å². The van der Waals surface area contributed by atoms with Crippen LogP contribution in [0.5, 0.6) is 0 Å². The van der Waals surface area contributed by atoms with E-state index in [0.717, 1.165) is 16.7 Å². The highest BCUT2D eigenvalue weighted by Crippen LogP contribution is 2.25. The van der Waals surface area contributed by atoms with Crippen LogP contribution in [0.1, 0.15) is 17.5 Å². The Labute approximate surface area is 138 Å². The van der Waals surface area contributed by atoms with Crippen LogP contribution in [0.15, 0.2) is 72.8 Å². The molecule has 0 bridgehead atoms. The molecule has 24 heavy (non-hydrogen) atoms. The van der Waals surface area contributed by atoms with Crippen LogP contribution in [0, 0.1) is 5.82 Å². The van der Waals surface area contributed by atoms with Crippen LogP contribution in [-0.4, -0.2) is 15.1 Å². The summed E-state index contributed by atoms with van der Waals surface area (Å²) in [4.78, 5) is 7.32. The van der Waals surface area contributed by atoms with Crippen molar-refractivity contribution in [3.63, 3.8) is 0 Å². The molecule has 118 valence electrons. The summed E-state index contributed by atoms with van der Waals surface area (Å²) in [6.45, 7) is 0. The number of H-pyrrole nitrogens is 1. The molecule has 0 amide bonds. The number of rotatable bonds is 3. The molecule has 0 radical (unpaired) electrons. The number of halogens is 1. The molecule has 0 aliphatic rings. The van der Waals surface area contributed by atoms with Crippen LogP contribution >= 0.6 is 0 Å². The molecule has 0 saturated heterocycles. The van der Waals surface area contributed by atoms with Crippen molar-refractivity contribution in [3.05, 3.63) is 90.0 Å². The number of aromatic amines is 1. The minimum absolute atomic E-state index is 0.345. The molecular formula is C20H15FN2O. The lowest BCUT2D eigenvalue weighted by atomic mass is 10.0. The van der Waals surface area contributed by atoms with Gasteiger partial charge in [-0.2, -0.15) is 0 Å². The van der Waals surface area contributed by atoms with Crippen molar-refractivity contribution in [2.45, 2.75) is 6.10 Å². The van der Waals surface area contributed by atoms with Gasteiger partial charge in [0.15, 0.2) is 0 Å². The fourth-order valence-electron chi connectivity index (χ4n) is 2.77. The Balaban J connectivity index is 1.64. The number of aliphatic hydroxyl groups excluding tert-OH is 1. The van der Waals surface area contributed by atoms with Gasteiger partial charge in [-0.3, -0.25) is 0 Å². The summed E-state index contributed by atoms with van der Waals surface area (Å²) in [7, 11) is 0. The van der Waals surface area contributed by atoms with Gasteiger partial charge in [-0.15, -0.1) is 0 Å². The molecule has 3 nitrogen and oxygen atoms in total. The highest BCUT2D eigenvalue weighted by molar-refractivity contribution is 5.75. The quantitative estimate of drug-likeness (QED) is 0.586. The molecular weight excluding hydrogens is 303 g/mol. The molecule has 1 aromatic heterocycles. The molecule has 1 heterocycles. The third-order valence-electron chi connectivity index (χ3n) is 4.06. The zero-order chi connectivity index (χ0) is 16.5. The van der Waals surface area contributed by atoms with E-state index >= 15 is 0 Å². The van der Waals surface area contributed by atoms with E-state index in [4.69, 9.17) is 0 Å². The number of hydrogen-bond donors (Lipinski definition) is 2. The Morgan fingerprint density at radius 1 is 0.875 bits per heavy atom. The maximum absolute atomic E-state index is 13.3. The van der Waals surface area contributed by atoms with Crippen molar-refractivity contribution in [2.75, 3.05) is 0 Å². The number of fused-ring (bicyclic) bond motifs is 1. The summed E-state index contributed by atoms with van der Waals surface area (Å²) in [5.74, 6) is 0.0605. The Morgan fingerprint density at radius 2 is 1.58 bits per heavy atom. The monoisotopic (exact) mass is 318 g/mol. The second kappa shape index (κ2) is 5.91. The average Bonchev–Trinajstić information content (AvgIpc) is 3.05. The third kappa shape index (κ3) is 2.68. The first-order valence-corrected chi connectivity index (χ1v) is 7.69. The lowest BCUT2D eigenvalue weighted by molar-refractivity contribution is 0.211. The summed E-state index contributed by atoms with van der Waals surface area (Å²) in [5, 5.41) is 10.5. The molecule has 0 aliphatic carbocycles. The zero-order valence-corrected chi connectivity index (χ0v) is 12.8. The molecule has 2 N–H and O–H groups in total. The molecule has 4 aromatic rings. The van der Waals surface area contributed by atoms with E-state index in [9.17, 15) is 9.50 Å². The van der Waals surface area contributed by atoms with Crippen LogP contribution in [0.25, 0.3) is 22.2 Å². The lowest BCUT2D eigenvalue weighted by Crippen LogP contribution is -2.01. The Hall–Kier alpha value is -2.98. The van der Waals surface area contributed by atoms with Gasteiger partial charge >= 0.3 is 0 Å². The number of hydrogen-bond acceptors (Lipinski definition) is 2. The van der Waals surface area contributed by atoms with E-state index in [1.54, 1.807) is 6.07 Å². The summed E-state index contributed by atoms with van der Waals surface area (Å²) in [6.07, 6.45) is -0.884. The van der Waals surface area contributed by atoms with E-state index in [1.165, 1.54) is 12.1 Å². The maximum atomic E-state index is 13.3. The smallest absolute Gasteiger partial charge is 0.140 e. The largest absolute Gasteiger partial charge is 0.380 e. The predicted molar refractivity (Wildman–Crippen MR) is 92.0 cm³/mol. The second-order valence-electron chi connectivity index (χ2n) is 5.67. The number of nitrogens with zero attached hydrogens (tertiary/aromatic N) is 1. The van der Waals surface area contributed by atoms with Gasteiger partial charge in [-0.05, 0) is 28.8 Å². The highest BCUT2D eigenvalue weighted by atomic mass is 19.1. The average molecular weight is 318 g/mol. The summed E-state index contributed by atoms with van der Waals surface area (Å²) < 4.78 is 13.3. The van der Waals surface area contributed by atoms with Crippen LogP contribution in [0.4, 0.5) is 4.39 Å². The minimum atomic E-state index is -0.884. The predicted octanol–water partition coefficient (Wildman–Crippen LogP) is 4.45. The van der Waals surface area contributed by atoms with Gasteiger partial charge < -0.3 is 10.1 Å². The van der Waals surface area contributed by atoms with Crippen LogP contribution in [0.2, 0.25) is 0 Å². The fraction of sp³-hybridized carbons (Fsp3) is 0.0500. The minimum Gasteiger partial charge on any atom is -0.380 e. The molecule has 4 heteroatoms. The number of benzene rings is 3. The molecule has 0 fully saturated rings. The van der Waals surface area contributed by atoms with Crippen LogP contribution in [-0.2, 0) is 0 Å². The van der Waals surface area contributed by atoms with E-state index in [0.29, 0.717) is 16.9 Å². The first kappa shape index (κ1) is 14.6. The standard InChI is InChI=1S/C20H15FN2O/c21-16-10-11-17-18(12-16)23-20(22-17)19(24)15-8-6-14(7-9-15)13-4-2-1-3-5-13/h1-12,19,24H,(H,22,23). The lowest BCUT2D eigenvalue weighted by Gasteiger charge is -2.09. The fourth-order valence-corrected chi connectivity index (χ4v) is 2.77. The van der Waals surface area contributed by atoms with E-state index in [1.807, 2.05) is 54.6 Å². The van der Waals surface area contributed by atoms with E-state index in [-0.39, 0.29) is 5.82 Å². The summed E-state index contributed by atoms with van der Waals surface area (Å²) in [6, 6.07) is 22.1. The van der Waals surface area contributed by atoms with Crippen molar-refractivity contribution >= 4 is 11.0 Å². The SMILES string of the molecule is OC(c1ccc(-c2ccccc2)cc1)c1nc2cc(F)ccc2[nH]1. The van der Waals surface area contributed by atoms with Crippen LogP contribution in [0.3, 0.4) is 0 Å². The van der Waals surface area contributed by atoms with E-state index in [2.05, 4.69) is 9.97 Å². The normalized spacial score (nSPS) is 12.4. The second-order valence-corrected chi connectivity index (χ2v) is 5.67. The van der Waals surface area contributed by atoms with Gasteiger partial charge in [0.25, 0.3) is 0 Å². The number of imidazole rings is 1. The summed E-state index contributed by atoms with van der Waals surface area (Å²) in [5.41, 5.74) is 4.14. The van der Waals surface area contributed by atoms with Crippen LogP contribution < -0.4 is 0 Å². The number of nitrogens with one attached hydrogen (secondary N) is 1. The van der Waals surface area contributed by atoms with Crippen molar-refractivity contribution in [2.24, 2.45) is 0 Å². The third-order valence-corrected chi connectivity index (χ3v) is 4.06. The first-order chi connectivity index (χ1) is 11.7. The van der Waals surface area contributed by atoms with Gasteiger partial charge in [-0.25, -0.2) is 9.37 Å². The topological polar surface area (TPSA) is 48.9 Å². The zero-order valence-electron chi connectivity index (χ0n) is 12.8. The van der Waals surface area contributed by atoms with Gasteiger partial charge in [0.1, 0.15) is 17.7 Å². The van der Waals surface area contributed by atoms with Crippen molar-refractivity contribution in [3.8, 4) is 11.1 Å².